The molecule has 0 aliphatic carbocycles. The number of fused-ring (bicyclic) bond motifs is 2. The highest BCUT2D eigenvalue weighted by molar-refractivity contribution is 7.22. The number of para-hydroxylation sites is 1. The van der Waals surface area contributed by atoms with Crippen LogP contribution in [0, 0.1) is 13.8 Å². The van der Waals surface area contributed by atoms with Crippen molar-refractivity contribution >= 4 is 43.5 Å². The fourth-order valence-electron chi connectivity index (χ4n) is 4.07. The Bertz CT molecular complexity index is 1240. The molecule has 160 valence electrons. The molecule has 1 aliphatic heterocycles. The molecule has 0 bridgehead atoms. The number of H-pyrrole nitrogens is 1. The number of nitrogens with one attached hydrogen (secondary N) is 1. The molecule has 31 heavy (non-hydrogen) atoms. The van der Waals surface area contributed by atoms with E-state index >= 15 is 0 Å². The second kappa shape index (κ2) is 8.42. The minimum atomic E-state index is -0.0147. The third kappa shape index (κ3) is 3.84. The number of hydrogen-bond donors (Lipinski definition) is 1. The first-order chi connectivity index (χ1) is 15.1. The summed E-state index contributed by atoms with van der Waals surface area (Å²) < 4.78 is 6.59. The van der Waals surface area contributed by atoms with Crippen molar-refractivity contribution in [2.24, 2.45) is 0 Å². The lowest BCUT2D eigenvalue weighted by atomic mass is 10.1. The van der Waals surface area contributed by atoms with E-state index in [4.69, 9.17) is 9.72 Å². The third-order valence-corrected chi connectivity index (χ3v) is 7.16. The first kappa shape index (κ1) is 20.2. The van der Waals surface area contributed by atoms with Gasteiger partial charge in [-0.1, -0.05) is 35.6 Å². The monoisotopic (exact) mass is 434 g/mol. The highest BCUT2D eigenvalue weighted by Crippen LogP contribution is 2.33. The molecule has 0 spiro atoms. The maximum Gasteiger partial charge on any atom is 0.262 e. The van der Waals surface area contributed by atoms with Crippen LogP contribution in [0.15, 0.2) is 42.6 Å². The van der Waals surface area contributed by atoms with E-state index in [0.29, 0.717) is 12.1 Å². The van der Waals surface area contributed by atoms with E-state index in [0.717, 1.165) is 59.1 Å². The Morgan fingerprint density at radius 2 is 2.00 bits per heavy atom. The number of carbonyl (C=O) groups is 1. The van der Waals surface area contributed by atoms with Gasteiger partial charge in [-0.25, -0.2) is 4.98 Å². The van der Waals surface area contributed by atoms with Crippen molar-refractivity contribution in [2.75, 3.05) is 44.3 Å². The average molecular weight is 435 g/mol. The summed E-state index contributed by atoms with van der Waals surface area (Å²) >= 11 is 1.59. The summed E-state index contributed by atoms with van der Waals surface area (Å²) in [6.07, 6.45) is 1.82. The smallest absolute Gasteiger partial charge is 0.262 e. The number of ether oxygens (including phenoxy) is 1. The maximum atomic E-state index is 13.8. The fourth-order valence-corrected chi connectivity index (χ4v) is 5.12. The summed E-state index contributed by atoms with van der Waals surface area (Å²) in [4.78, 5) is 26.1. The zero-order chi connectivity index (χ0) is 21.4. The van der Waals surface area contributed by atoms with Crippen molar-refractivity contribution in [3.63, 3.8) is 0 Å². The van der Waals surface area contributed by atoms with Crippen LogP contribution in [0.4, 0.5) is 5.13 Å². The number of carbonyl (C=O) groups excluding carboxylic acids is 1. The van der Waals surface area contributed by atoms with Gasteiger partial charge in [0.1, 0.15) is 0 Å². The summed E-state index contributed by atoms with van der Waals surface area (Å²) in [6.45, 7) is 8.87. The molecule has 7 heteroatoms. The molecular formula is C24H26N4O2S. The van der Waals surface area contributed by atoms with Gasteiger partial charge in [0.2, 0.25) is 0 Å². The summed E-state index contributed by atoms with van der Waals surface area (Å²) in [7, 11) is 0. The normalized spacial score (nSPS) is 15.0. The number of amides is 1. The molecule has 5 rings (SSSR count). The zero-order valence-corrected chi connectivity index (χ0v) is 18.7. The highest BCUT2D eigenvalue weighted by Gasteiger charge is 2.25. The second-order valence-electron chi connectivity index (χ2n) is 8.01. The van der Waals surface area contributed by atoms with Crippen LogP contribution in [0.2, 0.25) is 0 Å². The number of rotatable bonds is 5. The van der Waals surface area contributed by atoms with E-state index in [1.807, 2.05) is 35.4 Å². The molecule has 6 nitrogen and oxygen atoms in total. The molecule has 4 aromatic rings. The molecule has 0 atom stereocenters. The van der Waals surface area contributed by atoms with E-state index in [2.05, 4.69) is 35.9 Å². The number of thiazole rings is 1. The Kier molecular flexibility index (Phi) is 5.48. The fraction of sp³-hybridized carbons (Fsp3) is 0.333. The van der Waals surface area contributed by atoms with E-state index < -0.39 is 0 Å². The van der Waals surface area contributed by atoms with Crippen LogP contribution in [0.3, 0.4) is 0 Å². The number of aromatic nitrogens is 2. The van der Waals surface area contributed by atoms with Crippen LogP contribution < -0.4 is 4.90 Å². The minimum absolute atomic E-state index is 0.0147. The van der Waals surface area contributed by atoms with Crippen molar-refractivity contribution in [1.29, 1.82) is 0 Å². The van der Waals surface area contributed by atoms with Gasteiger partial charge in [0.05, 0.1) is 29.0 Å². The maximum absolute atomic E-state index is 13.8. The largest absolute Gasteiger partial charge is 0.379 e. The molecule has 1 amide bonds. The van der Waals surface area contributed by atoms with Gasteiger partial charge in [0.15, 0.2) is 5.13 Å². The van der Waals surface area contributed by atoms with Crippen molar-refractivity contribution < 1.29 is 9.53 Å². The number of hydrogen-bond acceptors (Lipinski definition) is 5. The topological polar surface area (TPSA) is 61.5 Å². The van der Waals surface area contributed by atoms with Crippen LogP contribution in [0.5, 0.6) is 0 Å². The Hall–Kier alpha value is -2.74. The van der Waals surface area contributed by atoms with E-state index in [9.17, 15) is 4.79 Å². The minimum Gasteiger partial charge on any atom is -0.379 e. The first-order valence-corrected chi connectivity index (χ1v) is 11.5. The third-order valence-electron chi connectivity index (χ3n) is 6.11. The molecule has 1 fully saturated rings. The van der Waals surface area contributed by atoms with Gasteiger partial charge >= 0.3 is 0 Å². The average Bonchev–Trinajstić information content (AvgIpc) is 3.42. The molecule has 1 saturated heterocycles. The molecule has 0 saturated carbocycles. The molecule has 2 aromatic heterocycles. The highest BCUT2D eigenvalue weighted by atomic mass is 32.1. The van der Waals surface area contributed by atoms with Gasteiger partial charge in [-0.15, -0.1) is 0 Å². The van der Waals surface area contributed by atoms with Crippen molar-refractivity contribution in [1.82, 2.24) is 14.9 Å². The Morgan fingerprint density at radius 3 is 2.84 bits per heavy atom. The quantitative estimate of drug-likeness (QED) is 0.507. The Balaban J connectivity index is 1.52. The Labute approximate surface area is 185 Å². The van der Waals surface area contributed by atoms with Crippen molar-refractivity contribution in [3.05, 3.63) is 59.3 Å². The number of morpholine rings is 1. The number of aryl methyl sites for hydroxylation is 2. The first-order valence-electron chi connectivity index (χ1n) is 10.7. The standard InChI is InChI=1S/C24H26N4O2S/c1-16-7-8-21-22(17(16)2)26-24(31-21)28(10-9-27-11-13-30-14-12-27)23(29)19-15-25-20-6-4-3-5-18(19)20/h3-8,15,25H,9-14H2,1-2H3. The van der Waals surface area contributed by atoms with E-state index in [1.165, 1.54) is 11.1 Å². The van der Waals surface area contributed by atoms with E-state index in [-0.39, 0.29) is 5.91 Å². The molecule has 1 N–H and O–H groups in total. The zero-order valence-electron chi connectivity index (χ0n) is 17.9. The number of aromatic amines is 1. The van der Waals surface area contributed by atoms with Crippen LogP contribution in [-0.4, -0.2) is 60.2 Å². The lowest BCUT2D eigenvalue weighted by molar-refractivity contribution is 0.0391. The van der Waals surface area contributed by atoms with Gasteiger partial charge < -0.3 is 9.72 Å². The summed E-state index contributed by atoms with van der Waals surface area (Å²) in [6, 6.07) is 12.2. The SMILES string of the molecule is Cc1ccc2sc(N(CCN3CCOCC3)C(=O)c3c[nH]c4ccccc34)nc2c1C. The lowest BCUT2D eigenvalue weighted by Gasteiger charge is -2.29. The van der Waals surface area contributed by atoms with Crippen molar-refractivity contribution in [3.8, 4) is 0 Å². The van der Waals surface area contributed by atoms with Crippen LogP contribution in [-0.2, 0) is 4.74 Å². The number of benzene rings is 2. The summed E-state index contributed by atoms with van der Waals surface area (Å²) in [5, 5.41) is 1.70. The number of anilines is 1. The van der Waals surface area contributed by atoms with Gasteiger partial charge in [-0.2, -0.15) is 0 Å². The van der Waals surface area contributed by atoms with E-state index in [1.54, 1.807) is 11.3 Å². The van der Waals surface area contributed by atoms with Gasteiger partial charge in [0.25, 0.3) is 5.91 Å². The van der Waals surface area contributed by atoms with Crippen molar-refractivity contribution in [2.45, 2.75) is 13.8 Å². The van der Waals surface area contributed by atoms with Crippen LogP contribution in [0.25, 0.3) is 21.1 Å². The van der Waals surface area contributed by atoms with Crippen LogP contribution in [0.1, 0.15) is 21.5 Å². The number of nitrogens with zero attached hydrogens (tertiary/aromatic N) is 3. The summed E-state index contributed by atoms with van der Waals surface area (Å²) in [5.41, 5.74) is 5.03. The lowest BCUT2D eigenvalue weighted by Crippen LogP contribution is -2.43. The van der Waals surface area contributed by atoms with Gasteiger partial charge in [-0.05, 0) is 37.1 Å². The van der Waals surface area contributed by atoms with Gasteiger partial charge in [0, 0.05) is 43.3 Å². The van der Waals surface area contributed by atoms with Gasteiger partial charge in [-0.3, -0.25) is 14.6 Å². The molecule has 1 aliphatic rings. The molecule has 0 unspecified atom stereocenters. The molecule has 3 heterocycles. The predicted molar refractivity (Wildman–Crippen MR) is 126 cm³/mol. The molecule has 2 aromatic carbocycles. The summed E-state index contributed by atoms with van der Waals surface area (Å²) in [5.74, 6) is -0.0147. The second-order valence-corrected chi connectivity index (χ2v) is 9.02. The Morgan fingerprint density at radius 1 is 1.19 bits per heavy atom. The predicted octanol–water partition coefficient (Wildman–Crippen LogP) is 4.37. The molecule has 0 radical (unpaired) electrons. The molecular weight excluding hydrogens is 408 g/mol. The van der Waals surface area contributed by atoms with Crippen LogP contribution >= 0.6 is 11.3 Å².